The zero-order valence-electron chi connectivity index (χ0n) is 5.59. The van der Waals surface area contributed by atoms with E-state index in [9.17, 15) is 0 Å². The third kappa shape index (κ3) is 7.23. The van der Waals surface area contributed by atoms with E-state index in [1.165, 1.54) is 0 Å². The van der Waals surface area contributed by atoms with E-state index >= 15 is 0 Å². The SMILES string of the molecule is CN(C)C=CNC(N)=S. The molecule has 4 heteroatoms. The second-order valence-electron chi connectivity index (χ2n) is 1.79. The first-order valence-corrected chi connectivity index (χ1v) is 2.93. The quantitative estimate of drug-likeness (QED) is 0.530. The Balaban J connectivity index is 3.36. The molecule has 0 atom stereocenters. The molecule has 3 N–H and O–H groups in total. The summed E-state index contributed by atoms with van der Waals surface area (Å²) in [5, 5.41) is 2.95. The standard InChI is InChI=1S/C5H11N3S/c1-8(2)4-3-7-5(6)9/h3-4H,1-2H3,(H3,6,7,9). The summed E-state index contributed by atoms with van der Waals surface area (Å²) in [7, 11) is 3.83. The summed E-state index contributed by atoms with van der Waals surface area (Å²) in [6.45, 7) is 0. The van der Waals surface area contributed by atoms with Crippen LogP contribution in [0, 0.1) is 0 Å². The summed E-state index contributed by atoms with van der Waals surface area (Å²) in [6.07, 6.45) is 3.50. The number of hydrogen-bond donors (Lipinski definition) is 2. The van der Waals surface area contributed by atoms with Gasteiger partial charge in [-0.3, -0.25) is 0 Å². The van der Waals surface area contributed by atoms with Crippen molar-refractivity contribution in [3.63, 3.8) is 0 Å². The molecular weight excluding hydrogens is 134 g/mol. The van der Waals surface area contributed by atoms with Gasteiger partial charge in [-0.25, -0.2) is 0 Å². The second-order valence-corrected chi connectivity index (χ2v) is 2.23. The van der Waals surface area contributed by atoms with Crippen LogP contribution in [0.3, 0.4) is 0 Å². The summed E-state index contributed by atoms with van der Waals surface area (Å²) in [5.41, 5.74) is 5.13. The van der Waals surface area contributed by atoms with Gasteiger partial charge >= 0.3 is 0 Å². The van der Waals surface area contributed by atoms with Crippen LogP contribution in [0.15, 0.2) is 12.4 Å². The molecule has 0 amide bonds. The van der Waals surface area contributed by atoms with Gasteiger partial charge < -0.3 is 16.0 Å². The lowest BCUT2D eigenvalue weighted by molar-refractivity contribution is 0.561. The molecule has 0 spiro atoms. The maximum Gasteiger partial charge on any atom is 0.167 e. The minimum Gasteiger partial charge on any atom is -0.382 e. The van der Waals surface area contributed by atoms with E-state index in [4.69, 9.17) is 5.73 Å². The molecule has 0 rings (SSSR count). The van der Waals surface area contributed by atoms with Crippen LogP contribution in [-0.2, 0) is 0 Å². The van der Waals surface area contributed by atoms with Gasteiger partial charge in [0.1, 0.15) is 0 Å². The van der Waals surface area contributed by atoms with Crippen molar-refractivity contribution in [3.05, 3.63) is 12.4 Å². The zero-order chi connectivity index (χ0) is 7.28. The van der Waals surface area contributed by atoms with Crippen LogP contribution in [-0.4, -0.2) is 24.1 Å². The molecule has 0 aliphatic carbocycles. The molecule has 0 saturated heterocycles. The Kier molecular flexibility index (Phi) is 3.79. The van der Waals surface area contributed by atoms with Crippen molar-refractivity contribution in [3.8, 4) is 0 Å². The lowest BCUT2D eigenvalue weighted by atomic mass is 10.8. The lowest BCUT2D eigenvalue weighted by Crippen LogP contribution is -2.24. The maximum atomic E-state index is 5.13. The molecule has 9 heavy (non-hydrogen) atoms. The van der Waals surface area contributed by atoms with Crippen molar-refractivity contribution in [2.24, 2.45) is 5.73 Å². The van der Waals surface area contributed by atoms with Gasteiger partial charge in [0.05, 0.1) is 0 Å². The van der Waals surface area contributed by atoms with E-state index in [1.807, 2.05) is 25.2 Å². The fourth-order valence-electron chi connectivity index (χ4n) is 0.268. The monoisotopic (exact) mass is 145 g/mol. The second kappa shape index (κ2) is 4.14. The summed E-state index contributed by atoms with van der Waals surface area (Å²) in [4.78, 5) is 1.88. The number of nitrogens with zero attached hydrogens (tertiary/aromatic N) is 1. The molecule has 0 aromatic rings. The fraction of sp³-hybridized carbons (Fsp3) is 0.400. The molecule has 0 aromatic carbocycles. The van der Waals surface area contributed by atoms with E-state index in [2.05, 4.69) is 17.5 Å². The minimum absolute atomic E-state index is 0.285. The summed E-state index contributed by atoms with van der Waals surface area (Å²) >= 11 is 4.54. The topological polar surface area (TPSA) is 41.3 Å². The van der Waals surface area contributed by atoms with Gasteiger partial charge in [-0.1, -0.05) is 0 Å². The fourth-order valence-corrected chi connectivity index (χ4v) is 0.337. The molecule has 0 heterocycles. The molecule has 0 unspecified atom stereocenters. The average molecular weight is 145 g/mol. The maximum absolute atomic E-state index is 5.13. The van der Waals surface area contributed by atoms with Gasteiger partial charge in [0.15, 0.2) is 5.11 Å². The number of thiocarbonyl (C=S) groups is 1. The Morgan fingerprint density at radius 3 is 2.56 bits per heavy atom. The molecule has 0 bridgehead atoms. The van der Waals surface area contributed by atoms with Gasteiger partial charge in [-0.15, -0.1) is 0 Å². The molecular formula is C5H11N3S. The molecule has 0 aliphatic rings. The summed E-state index contributed by atoms with van der Waals surface area (Å²) in [5.74, 6) is 0. The molecule has 3 nitrogen and oxygen atoms in total. The third-order valence-corrected chi connectivity index (χ3v) is 0.716. The van der Waals surface area contributed by atoms with Gasteiger partial charge in [0.25, 0.3) is 0 Å². The molecule has 0 aliphatic heterocycles. The Bertz CT molecular complexity index is 119. The first kappa shape index (κ1) is 8.23. The van der Waals surface area contributed by atoms with Crippen molar-refractivity contribution in [2.75, 3.05) is 14.1 Å². The molecule has 52 valence electrons. The lowest BCUT2D eigenvalue weighted by Gasteiger charge is -2.02. The van der Waals surface area contributed by atoms with Crippen LogP contribution in [0.25, 0.3) is 0 Å². The number of nitrogens with one attached hydrogen (secondary N) is 1. The molecule has 0 radical (unpaired) electrons. The van der Waals surface area contributed by atoms with Crippen LogP contribution >= 0.6 is 12.2 Å². The first-order valence-electron chi connectivity index (χ1n) is 2.52. The van der Waals surface area contributed by atoms with Gasteiger partial charge in [-0.05, 0) is 12.2 Å². The predicted octanol–water partition coefficient (Wildman–Crippen LogP) is -0.148. The molecule has 0 fully saturated rings. The van der Waals surface area contributed by atoms with E-state index in [0.29, 0.717) is 0 Å². The Morgan fingerprint density at radius 1 is 1.67 bits per heavy atom. The van der Waals surface area contributed by atoms with Gasteiger partial charge in [-0.2, -0.15) is 0 Å². The Labute approximate surface area is 60.5 Å². The highest BCUT2D eigenvalue weighted by Gasteiger charge is 1.77. The average Bonchev–Trinajstić information content (AvgIpc) is 1.63. The zero-order valence-corrected chi connectivity index (χ0v) is 6.40. The summed E-state index contributed by atoms with van der Waals surface area (Å²) < 4.78 is 0. The highest BCUT2D eigenvalue weighted by molar-refractivity contribution is 7.80. The van der Waals surface area contributed by atoms with Gasteiger partial charge in [0, 0.05) is 26.5 Å². The van der Waals surface area contributed by atoms with Crippen LogP contribution in [0.4, 0.5) is 0 Å². The normalized spacial score (nSPS) is 9.56. The molecule has 0 saturated carbocycles. The largest absolute Gasteiger partial charge is 0.382 e. The van der Waals surface area contributed by atoms with Crippen LogP contribution in [0.1, 0.15) is 0 Å². The minimum atomic E-state index is 0.285. The van der Waals surface area contributed by atoms with Crippen molar-refractivity contribution < 1.29 is 0 Å². The highest BCUT2D eigenvalue weighted by Crippen LogP contribution is 1.72. The van der Waals surface area contributed by atoms with E-state index in [0.717, 1.165) is 0 Å². The Hall–Kier alpha value is -0.770. The Morgan fingerprint density at radius 2 is 2.22 bits per heavy atom. The van der Waals surface area contributed by atoms with E-state index in [-0.39, 0.29) is 5.11 Å². The van der Waals surface area contributed by atoms with E-state index < -0.39 is 0 Å². The molecule has 0 aromatic heterocycles. The van der Waals surface area contributed by atoms with Crippen LogP contribution in [0.5, 0.6) is 0 Å². The number of hydrogen-bond acceptors (Lipinski definition) is 2. The predicted molar refractivity (Wildman–Crippen MR) is 42.7 cm³/mol. The van der Waals surface area contributed by atoms with Crippen molar-refractivity contribution in [1.29, 1.82) is 0 Å². The van der Waals surface area contributed by atoms with Gasteiger partial charge in [0.2, 0.25) is 0 Å². The van der Waals surface area contributed by atoms with Crippen molar-refractivity contribution in [1.82, 2.24) is 10.2 Å². The van der Waals surface area contributed by atoms with Crippen LogP contribution < -0.4 is 11.1 Å². The number of rotatable bonds is 2. The first-order chi connectivity index (χ1) is 4.13. The van der Waals surface area contributed by atoms with Crippen molar-refractivity contribution in [2.45, 2.75) is 0 Å². The smallest absolute Gasteiger partial charge is 0.167 e. The van der Waals surface area contributed by atoms with Crippen molar-refractivity contribution >= 4 is 17.3 Å². The number of nitrogens with two attached hydrogens (primary N) is 1. The summed E-state index contributed by atoms with van der Waals surface area (Å²) in [6, 6.07) is 0. The van der Waals surface area contributed by atoms with Crippen LogP contribution in [0.2, 0.25) is 0 Å². The third-order valence-electron chi connectivity index (χ3n) is 0.598. The van der Waals surface area contributed by atoms with E-state index in [1.54, 1.807) is 6.20 Å². The highest BCUT2D eigenvalue weighted by atomic mass is 32.1.